The molecule has 1 aliphatic heterocycles. The van der Waals surface area contributed by atoms with E-state index in [1.54, 1.807) is 22.9 Å². The molecule has 0 saturated heterocycles. The molecule has 4 aromatic rings. The third-order valence-electron chi connectivity index (χ3n) is 5.28. The topological polar surface area (TPSA) is 105 Å². The molecule has 0 bridgehead atoms. The van der Waals surface area contributed by atoms with Crippen LogP contribution in [0.15, 0.2) is 53.8 Å². The quantitative estimate of drug-likeness (QED) is 0.370. The van der Waals surface area contributed by atoms with Gasteiger partial charge in [-0.3, -0.25) is 14.0 Å². The Morgan fingerprint density at radius 3 is 2.69 bits per heavy atom. The summed E-state index contributed by atoms with van der Waals surface area (Å²) in [4.78, 5) is 12.7. The molecule has 1 N–H and O–H groups in total. The highest BCUT2D eigenvalue weighted by molar-refractivity contribution is 7.99. The first-order valence-corrected chi connectivity index (χ1v) is 12.0. The molecule has 10 nitrogen and oxygen atoms in total. The van der Waals surface area contributed by atoms with Gasteiger partial charge in [-0.05, 0) is 50.2 Å². The largest absolute Gasteiger partial charge is 0.494 e. The van der Waals surface area contributed by atoms with Gasteiger partial charge in [0.2, 0.25) is 12.7 Å². The number of nitrogens with zero attached hydrogens (tertiary/aromatic N) is 5. The van der Waals surface area contributed by atoms with Crippen LogP contribution >= 0.6 is 11.8 Å². The Morgan fingerprint density at radius 2 is 1.94 bits per heavy atom. The van der Waals surface area contributed by atoms with Crippen molar-refractivity contribution in [2.45, 2.75) is 19.0 Å². The summed E-state index contributed by atoms with van der Waals surface area (Å²) in [7, 11) is 1.87. The molecule has 0 radical (unpaired) electrons. The Kier molecular flexibility index (Phi) is 6.32. The second-order valence-electron chi connectivity index (χ2n) is 7.78. The number of carbonyl (C=O) groups excluding carboxylic acids is 1. The van der Waals surface area contributed by atoms with E-state index in [-0.39, 0.29) is 18.5 Å². The number of aromatic nitrogens is 5. The number of thioether (sulfide) groups is 1. The first-order valence-electron chi connectivity index (χ1n) is 11.0. The highest BCUT2D eigenvalue weighted by Gasteiger charge is 2.21. The maximum atomic E-state index is 12.7. The summed E-state index contributed by atoms with van der Waals surface area (Å²) in [5.41, 5.74) is 3.20. The van der Waals surface area contributed by atoms with E-state index in [1.165, 1.54) is 11.8 Å². The smallest absolute Gasteiger partial charge is 0.234 e. The zero-order valence-electron chi connectivity index (χ0n) is 19.5. The second-order valence-corrected chi connectivity index (χ2v) is 8.72. The lowest BCUT2D eigenvalue weighted by Gasteiger charge is -2.11. The van der Waals surface area contributed by atoms with E-state index in [9.17, 15) is 4.79 Å². The van der Waals surface area contributed by atoms with Gasteiger partial charge in [0.05, 0.1) is 29.3 Å². The molecule has 5 rings (SSSR count). The molecule has 1 amide bonds. The summed E-state index contributed by atoms with van der Waals surface area (Å²) >= 11 is 1.30. The Morgan fingerprint density at radius 1 is 1.14 bits per heavy atom. The zero-order valence-corrected chi connectivity index (χ0v) is 20.3. The van der Waals surface area contributed by atoms with Crippen LogP contribution in [0.25, 0.3) is 17.1 Å². The van der Waals surface area contributed by atoms with Gasteiger partial charge in [-0.25, -0.2) is 0 Å². The van der Waals surface area contributed by atoms with Crippen molar-refractivity contribution in [1.82, 2.24) is 24.5 Å². The average Bonchev–Trinajstić information content (AvgIpc) is 3.56. The number of rotatable bonds is 8. The predicted molar refractivity (Wildman–Crippen MR) is 131 cm³/mol. The fraction of sp³-hybridized carbons (Fsp3) is 0.250. The highest BCUT2D eigenvalue weighted by atomic mass is 32.2. The molecule has 11 heteroatoms. The van der Waals surface area contributed by atoms with Crippen LogP contribution in [0, 0.1) is 6.92 Å². The summed E-state index contributed by atoms with van der Waals surface area (Å²) in [6, 6.07) is 13.0. The van der Waals surface area contributed by atoms with Crippen LogP contribution in [0.1, 0.15) is 12.6 Å². The van der Waals surface area contributed by atoms with Crippen molar-refractivity contribution in [2.75, 3.05) is 24.5 Å². The number of hydrogen-bond acceptors (Lipinski definition) is 8. The van der Waals surface area contributed by atoms with Crippen LogP contribution < -0.4 is 19.5 Å². The van der Waals surface area contributed by atoms with Crippen molar-refractivity contribution in [2.24, 2.45) is 7.05 Å². The van der Waals surface area contributed by atoms with Gasteiger partial charge in [-0.2, -0.15) is 5.10 Å². The van der Waals surface area contributed by atoms with Crippen molar-refractivity contribution >= 4 is 23.4 Å². The first-order chi connectivity index (χ1) is 17.0. The lowest BCUT2D eigenvalue weighted by Crippen LogP contribution is -2.14. The van der Waals surface area contributed by atoms with Crippen molar-refractivity contribution < 1.29 is 19.0 Å². The van der Waals surface area contributed by atoms with Crippen LogP contribution in [-0.2, 0) is 11.8 Å². The maximum Gasteiger partial charge on any atom is 0.234 e. The van der Waals surface area contributed by atoms with E-state index in [2.05, 4.69) is 20.6 Å². The van der Waals surface area contributed by atoms with E-state index in [4.69, 9.17) is 14.2 Å². The second kappa shape index (κ2) is 9.71. The van der Waals surface area contributed by atoms with Gasteiger partial charge < -0.3 is 19.5 Å². The number of fused-ring (bicyclic) bond motifs is 1. The molecule has 3 heterocycles. The lowest BCUT2D eigenvalue weighted by molar-refractivity contribution is -0.113. The Hall–Kier alpha value is -3.99. The van der Waals surface area contributed by atoms with Crippen molar-refractivity contribution in [1.29, 1.82) is 0 Å². The molecule has 0 fully saturated rings. The Labute approximate surface area is 206 Å². The summed E-state index contributed by atoms with van der Waals surface area (Å²) < 4.78 is 19.9. The monoisotopic (exact) mass is 492 g/mol. The SMILES string of the molecule is CCOc1ccc(-n2c(SCC(=O)Nc3ccc4c(c3)OCO4)nnc2-c2cn(C)nc2C)cc1. The molecule has 0 unspecified atom stereocenters. The fourth-order valence-corrected chi connectivity index (χ4v) is 4.50. The number of carbonyl (C=O) groups is 1. The molecule has 0 saturated carbocycles. The van der Waals surface area contributed by atoms with Gasteiger partial charge in [0.25, 0.3) is 0 Å². The van der Waals surface area contributed by atoms with Crippen LogP contribution in [0.4, 0.5) is 5.69 Å². The van der Waals surface area contributed by atoms with Crippen LogP contribution in [0.3, 0.4) is 0 Å². The van der Waals surface area contributed by atoms with E-state index in [0.717, 1.165) is 22.7 Å². The van der Waals surface area contributed by atoms with Gasteiger partial charge in [-0.15, -0.1) is 10.2 Å². The molecule has 180 valence electrons. The summed E-state index contributed by atoms with van der Waals surface area (Å²) in [5, 5.41) is 16.8. The fourth-order valence-electron chi connectivity index (χ4n) is 3.75. The van der Waals surface area contributed by atoms with Crippen molar-refractivity contribution in [3.63, 3.8) is 0 Å². The van der Waals surface area contributed by atoms with Crippen molar-refractivity contribution in [3.8, 4) is 34.3 Å². The number of ether oxygens (including phenoxy) is 3. The Balaban J connectivity index is 1.39. The molecular formula is C24H24N6O4S. The van der Waals surface area contributed by atoms with E-state index in [1.807, 2.05) is 55.9 Å². The number of hydrogen-bond donors (Lipinski definition) is 1. The first kappa shape index (κ1) is 22.8. The maximum absolute atomic E-state index is 12.7. The normalized spacial score (nSPS) is 12.1. The minimum absolute atomic E-state index is 0.148. The number of anilines is 1. The third kappa shape index (κ3) is 4.80. The van der Waals surface area contributed by atoms with E-state index in [0.29, 0.717) is 34.8 Å². The predicted octanol–water partition coefficient (Wildman–Crippen LogP) is 3.83. The van der Waals surface area contributed by atoms with Gasteiger partial charge in [0.15, 0.2) is 22.5 Å². The molecule has 1 aliphatic rings. The van der Waals surface area contributed by atoms with E-state index < -0.39 is 0 Å². The van der Waals surface area contributed by atoms with Crippen LogP contribution in [0.5, 0.6) is 17.2 Å². The highest BCUT2D eigenvalue weighted by Crippen LogP contribution is 2.34. The van der Waals surface area contributed by atoms with Crippen molar-refractivity contribution in [3.05, 3.63) is 54.4 Å². The number of nitrogens with one attached hydrogen (secondary N) is 1. The molecular weight excluding hydrogens is 468 g/mol. The van der Waals surface area contributed by atoms with Gasteiger partial charge in [-0.1, -0.05) is 11.8 Å². The zero-order chi connectivity index (χ0) is 24.4. The third-order valence-corrected chi connectivity index (χ3v) is 6.21. The summed E-state index contributed by atoms with van der Waals surface area (Å²) in [5.74, 6) is 2.69. The summed E-state index contributed by atoms with van der Waals surface area (Å²) in [6.07, 6.45) is 1.91. The molecule has 35 heavy (non-hydrogen) atoms. The van der Waals surface area contributed by atoms with E-state index >= 15 is 0 Å². The minimum atomic E-state index is -0.172. The van der Waals surface area contributed by atoms with Crippen LogP contribution in [-0.4, -0.2) is 49.6 Å². The molecule has 0 aliphatic carbocycles. The lowest BCUT2D eigenvalue weighted by atomic mass is 10.2. The molecule has 0 atom stereocenters. The average molecular weight is 493 g/mol. The number of aryl methyl sites for hydroxylation is 2. The van der Waals surface area contributed by atoms with Crippen LogP contribution in [0.2, 0.25) is 0 Å². The van der Waals surface area contributed by atoms with Gasteiger partial charge in [0.1, 0.15) is 5.75 Å². The van der Waals surface area contributed by atoms with Gasteiger partial charge in [0, 0.05) is 25.0 Å². The Bertz CT molecular complexity index is 1370. The minimum Gasteiger partial charge on any atom is -0.494 e. The molecule has 2 aromatic heterocycles. The molecule has 2 aromatic carbocycles. The molecule has 0 spiro atoms. The number of amides is 1. The summed E-state index contributed by atoms with van der Waals surface area (Å²) in [6.45, 7) is 4.65. The standard InChI is InChI=1S/C24H24N6O4S/c1-4-32-18-8-6-17(7-9-18)30-23(19-12-29(3)28-15(19)2)26-27-24(30)35-13-22(31)25-16-5-10-20-21(11-16)34-14-33-20/h5-12H,4,13-14H2,1-3H3,(H,25,31). The number of benzene rings is 2. The van der Waals surface area contributed by atoms with Gasteiger partial charge >= 0.3 is 0 Å².